The van der Waals surface area contributed by atoms with E-state index in [-0.39, 0.29) is 0 Å². The van der Waals surface area contributed by atoms with Crippen molar-refractivity contribution in [3.8, 4) is 0 Å². The molecule has 0 spiro atoms. The number of amides is 2. The Hall–Kier alpha value is -1.58. The second-order valence-electron chi connectivity index (χ2n) is 12.9. The molecule has 0 heterocycles. The lowest BCUT2D eigenvalue weighted by Crippen LogP contribution is -2.50. The molecule has 34 heavy (non-hydrogen) atoms. The third-order valence-corrected chi connectivity index (χ3v) is 11.0. The summed E-state index contributed by atoms with van der Waals surface area (Å²) in [5.41, 5.74) is 11.1. The molecule has 4 nitrogen and oxygen atoms in total. The molecular weight excluding hydrogens is 418 g/mol. The average Bonchev–Trinajstić information content (AvgIpc) is 3.15. The molecule has 4 rings (SSSR count). The van der Waals surface area contributed by atoms with Crippen molar-refractivity contribution in [1.29, 1.82) is 0 Å². The van der Waals surface area contributed by atoms with Gasteiger partial charge < -0.3 is 5.73 Å². The van der Waals surface area contributed by atoms with Gasteiger partial charge in [0.1, 0.15) is 0 Å². The van der Waals surface area contributed by atoms with Crippen molar-refractivity contribution in [2.45, 2.75) is 99.3 Å². The Balaban J connectivity index is 1.50. The summed E-state index contributed by atoms with van der Waals surface area (Å²) in [4.78, 5) is 11.1. The zero-order valence-corrected chi connectivity index (χ0v) is 22.6. The lowest BCUT2D eigenvalue weighted by molar-refractivity contribution is -0.0428. The highest BCUT2D eigenvalue weighted by Gasteiger charge is 2.58. The SMILES string of the molecule is CC[C@H](C=C[C@@H](C)[C@H]1CC[C@H]2[C@@H]3CC=C4CC(=NNC(N)=O)CC[C@]4(C)[C@H]3CC[C@]12C)C(C)C. The van der Waals surface area contributed by atoms with Crippen molar-refractivity contribution in [1.82, 2.24) is 5.43 Å². The molecule has 4 heteroatoms. The Morgan fingerprint density at radius 3 is 2.62 bits per heavy atom. The molecule has 3 saturated carbocycles. The summed E-state index contributed by atoms with van der Waals surface area (Å²) in [6.07, 6.45) is 18.8. The summed E-state index contributed by atoms with van der Waals surface area (Å²) in [5.74, 6) is 5.43. The zero-order chi connectivity index (χ0) is 24.7. The number of hydrazone groups is 1. The van der Waals surface area contributed by atoms with Crippen LogP contribution in [0.3, 0.4) is 0 Å². The molecular formula is C30H49N3O. The van der Waals surface area contributed by atoms with E-state index in [1.807, 2.05) is 0 Å². The summed E-state index contributed by atoms with van der Waals surface area (Å²) in [5, 5.41) is 4.29. The fourth-order valence-corrected chi connectivity index (χ4v) is 8.90. The molecule has 0 radical (unpaired) electrons. The van der Waals surface area contributed by atoms with Gasteiger partial charge in [-0.05, 0) is 104 Å². The summed E-state index contributed by atoms with van der Waals surface area (Å²) in [7, 11) is 0. The van der Waals surface area contributed by atoms with Crippen LogP contribution in [-0.4, -0.2) is 11.7 Å². The van der Waals surface area contributed by atoms with Crippen LogP contribution in [0.1, 0.15) is 99.3 Å². The van der Waals surface area contributed by atoms with E-state index in [9.17, 15) is 4.79 Å². The first kappa shape index (κ1) is 25.5. The maximum absolute atomic E-state index is 11.1. The quantitative estimate of drug-likeness (QED) is 0.309. The Bertz CT molecular complexity index is 857. The molecule has 4 aliphatic rings. The third kappa shape index (κ3) is 4.51. The largest absolute Gasteiger partial charge is 0.350 e. The van der Waals surface area contributed by atoms with Crippen molar-refractivity contribution >= 4 is 11.7 Å². The highest BCUT2D eigenvalue weighted by atomic mass is 16.2. The Labute approximate surface area is 208 Å². The van der Waals surface area contributed by atoms with Crippen LogP contribution < -0.4 is 11.2 Å². The van der Waals surface area contributed by atoms with Crippen LogP contribution in [0.5, 0.6) is 0 Å². The summed E-state index contributed by atoms with van der Waals surface area (Å²) in [6.45, 7) is 14.7. The number of nitrogens with one attached hydrogen (secondary N) is 1. The predicted octanol–water partition coefficient (Wildman–Crippen LogP) is 7.46. The smallest absolute Gasteiger partial charge is 0.332 e. The van der Waals surface area contributed by atoms with E-state index in [4.69, 9.17) is 5.73 Å². The Morgan fingerprint density at radius 2 is 1.94 bits per heavy atom. The molecule has 3 fully saturated rings. The van der Waals surface area contributed by atoms with Crippen molar-refractivity contribution in [2.24, 2.45) is 63.1 Å². The average molecular weight is 468 g/mol. The molecule has 0 aromatic rings. The van der Waals surface area contributed by atoms with E-state index in [0.29, 0.717) is 22.7 Å². The van der Waals surface area contributed by atoms with E-state index >= 15 is 0 Å². The summed E-state index contributed by atoms with van der Waals surface area (Å²) in [6, 6.07) is -0.570. The Kier molecular flexibility index (Phi) is 7.37. The normalized spacial score (nSPS) is 40.4. The number of urea groups is 1. The van der Waals surface area contributed by atoms with E-state index in [0.717, 1.165) is 54.6 Å². The highest BCUT2D eigenvalue weighted by molar-refractivity contribution is 5.89. The molecule has 3 N–H and O–H groups in total. The van der Waals surface area contributed by atoms with Crippen molar-refractivity contribution in [2.75, 3.05) is 0 Å². The molecule has 0 aliphatic heterocycles. The van der Waals surface area contributed by atoms with E-state index in [1.165, 1.54) is 38.5 Å². The fourth-order valence-electron chi connectivity index (χ4n) is 8.90. The van der Waals surface area contributed by atoms with Gasteiger partial charge in [-0.3, -0.25) is 0 Å². The number of rotatable bonds is 6. The van der Waals surface area contributed by atoms with Crippen molar-refractivity contribution in [3.63, 3.8) is 0 Å². The van der Waals surface area contributed by atoms with Crippen LogP contribution >= 0.6 is 0 Å². The number of nitrogens with two attached hydrogens (primary N) is 1. The van der Waals surface area contributed by atoms with Gasteiger partial charge >= 0.3 is 6.03 Å². The summed E-state index contributed by atoms with van der Waals surface area (Å²) < 4.78 is 0. The van der Waals surface area contributed by atoms with Gasteiger partial charge in [-0.15, -0.1) is 0 Å². The van der Waals surface area contributed by atoms with Crippen molar-refractivity contribution in [3.05, 3.63) is 23.8 Å². The molecule has 8 atom stereocenters. The van der Waals surface area contributed by atoms with Crippen LogP contribution in [0.2, 0.25) is 0 Å². The lowest BCUT2D eigenvalue weighted by atomic mass is 9.47. The molecule has 0 aromatic carbocycles. The van der Waals surface area contributed by atoms with Crippen LogP contribution in [0, 0.1) is 52.3 Å². The minimum atomic E-state index is -0.570. The topological polar surface area (TPSA) is 67.5 Å². The number of hydrogen-bond donors (Lipinski definition) is 2. The van der Waals surface area contributed by atoms with E-state index in [1.54, 1.807) is 5.57 Å². The number of nitrogens with zero attached hydrogens (tertiary/aromatic N) is 1. The van der Waals surface area contributed by atoms with E-state index < -0.39 is 6.03 Å². The van der Waals surface area contributed by atoms with Gasteiger partial charge in [-0.1, -0.05) is 65.3 Å². The van der Waals surface area contributed by atoms with E-state index in [2.05, 4.69) is 70.3 Å². The standard InChI is InChI=1S/C30H49N3O/c1-7-21(19(2)3)9-8-20(4)25-12-13-26-24-11-10-22-18-23(32-33-28(31)34)14-16-29(22,5)27(24)15-17-30(25,26)6/h8-10,19-21,24-27H,7,11-18H2,1-6H3,(H3,31,33,34)/t20-,21-,24+,25-,26+,27+,29+,30-/m1/s1. The molecule has 190 valence electrons. The molecule has 0 bridgehead atoms. The molecule has 0 aromatic heterocycles. The maximum atomic E-state index is 11.1. The lowest BCUT2D eigenvalue weighted by Gasteiger charge is -2.58. The fraction of sp³-hybridized carbons (Fsp3) is 0.800. The Morgan fingerprint density at radius 1 is 1.18 bits per heavy atom. The van der Waals surface area contributed by atoms with Crippen molar-refractivity contribution < 1.29 is 4.79 Å². The second kappa shape index (κ2) is 9.82. The predicted molar refractivity (Wildman–Crippen MR) is 142 cm³/mol. The van der Waals surface area contributed by atoms with Crippen LogP contribution in [0.15, 0.2) is 28.9 Å². The number of primary amides is 1. The number of allylic oxidation sites excluding steroid dienone is 4. The third-order valence-electron chi connectivity index (χ3n) is 11.0. The molecule has 2 amide bonds. The van der Waals surface area contributed by atoms with Gasteiger partial charge in [0.05, 0.1) is 0 Å². The number of fused-ring (bicyclic) bond motifs is 5. The minimum absolute atomic E-state index is 0.297. The van der Waals surface area contributed by atoms with Gasteiger partial charge in [-0.2, -0.15) is 5.10 Å². The van der Waals surface area contributed by atoms with Crippen LogP contribution in [0.25, 0.3) is 0 Å². The van der Waals surface area contributed by atoms with Crippen LogP contribution in [0.4, 0.5) is 4.79 Å². The molecule has 4 aliphatic carbocycles. The van der Waals surface area contributed by atoms with Gasteiger partial charge in [-0.25, -0.2) is 10.2 Å². The van der Waals surface area contributed by atoms with Gasteiger partial charge in [0.2, 0.25) is 0 Å². The first-order chi connectivity index (χ1) is 16.1. The first-order valence-corrected chi connectivity index (χ1v) is 14.1. The molecule has 0 unspecified atom stereocenters. The van der Waals surface area contributed by atoms with Gasteiger partial charge in [0.15, 0.2) is 0 Å². The van der Waals surface area contributed by atoms with Crippen LogP contribution in [-0.2, 0) is 0 Å². The second-order valence-corrected chi connectivity index (χ2v) is 12.9. The molecule has 0 saturated heterocycles. The highest BCUT2D eigenvalue weighted by Crippen LogP contribution is 2.67. The van der Waals surface area contributed by atoms with Gasteiger partial charge in [0, 0.05) is 12.1 Å². The van der Waals surface area contributed by atoms with Gasteiger partial charge in [0.25, 0.3) is 0 Å². The maximum Gasteiger partial charge on any atom is 0.332 e. The number of carbonyl (C=O) groups is 1. The monoisotopic (exact) mass is 467 g/mol. The zero-order valence-electron chi connectivity index (χ0n) is 22.6. The number of hydrogen-bond acceptors (Lipinski definition) is 2. The minimum Gasteiger partial charge on any atom is -0.350 e. The first-order valence-electron chi connectivity index (χ1n) is 14.1. The number of carbonyl (C=O) groups excluding carboxylic acids is 1. The summed E-state index contributed by atoms with van der Waals surface area (Å²) >= 11 is 0.